The molecule has 0 radical (unpaired) electrons. The van der Waals surface area contributed by atoms with Gasteiger partial charge in [0.1, 0.15) is 5.76 Å². The lowest BCUT2D eigenvalue weighted by molar-refractivity contribution is 0.252. The van der Waals surface area contributed by atoms with Gasteiger partial charge in [0, 0.05) is 12.0 Å². The van der Waals surface area contributed by atoms with E-state index < -0.39 is 0 Å². The number of nitrogens with one attached hydrogen (secondary N) is 1. The lowest BCUT2D eigenvalue weighted by atomic mass is 9.81. The summed E-state index contributed by atoms with van der Waals surface area (Å²) >= 11 is 3.35. The highest BCUT2D eigenvalue weighted by Gasteiger charge is 2.37. The highest BCUT2D eigenvalue weighted by Crippen LogP contribution is 2.32. The molecule has 2 heterocycles. The molecular weight excluding hydrogens is 254 g/mol. The summed E-state index contributed by atoms with van der Waals surface area (Å²) in [5, 5.41) is 3.65. The van der Waals surface area contributed by atoms with Crippen molar-refractivity contribution in [2.24, 2.45) is 5.92 Å². The van der Waals surface area contributed by atoms with Gasteiger partial charge < -0.3 is 9.73 Å². The first kappa shape index (κ1) is 11.2. The van der Waals surface area contributed by atoms with Crippen LogP contribution in [0.25, 0.3) is 0 Å². The van der Waals surface area contributed by atoms with Crippen molar-refractivity contribution in [3.63, 3.8) is 0 Å². The van der Waals surface area contributed by atoms with Crippen LogP contribution in [0.3, 0.4) is 0 Å². The zero-order valence-corrected chi connectivity index (χ0v) is 10.9. The van der Waals surface area contributed by atoms with E-state index in [0.717, 1.165) is 23.4 Å². The van der Waals surface area contributed by atoms with E-state index in [0.29, 0.717) is 5.92 Å². The monoisotopic (exact) mass is 271 g/mol. The molecule has 1 aromatic heterocycles. The third-order valence-electron chi connectivity index (χ3n) is 3.50. The van der Waals surface area contributed by atoms with E-state index >= 15 is 0 Å². The third kappa shape index (κ3) is 2.28. The second kappa shape index (κ2) is 4.30. The Morgan fingerprint density at radius 2 is 2.33 bits per heavy atom. The Hall–Kier alpha value is -0.280. The predicted molar refractivity (Wildman–Crippen MR) is 64.9 cm³/mol. The molecule has 1 aromatic rings. The summed E-state index contributed by atoms with van der Waals surface area (Å²) in [7, 11) is 0. The summed E-state index contributed by atoms with van der Waals surface area (Å²) in [5.41, 5.74) is 0.247. The van der Waals surface area contributed by atoms with Crippen LogP contribution >= 0.6 is 15.9 Å². The van der Waals surface area contributed by atoms with Gasteiger partial charge in [-0.3, -0.25) is 0 Å². The zero-order chi connectivity index (χ0) is 10.9. The Kier molecular flexibility index (Phi) is 3.21. The topological polar surface area (TPSA) is 25.2 Å². The maximum Gasteiger partial charge on any atom is 0.169 e. The molecule has 0 saturated carbocycles. The van der Waals surface area contributed by atoms with Crippen LogP contribution in [0.15, 0.2) is 21.2 Å². The number of furan rings is 1. The van der Waals surface area contributed by atoms with Gasteiger partial charge in [-0.05, 0) is 53.4 Å². The van der Waals surface area contributed by atoms with Crippen LogP contribution in [0.1, 0.15) is 32.4 Å². The molecule has 2 rings (SSSR count). The van der Waals surface area contributed by atoms with E-state index in [1.165, 1.54) is 12.8 Å². The second-order valence-electron chi connectivity index (χ2n) is 4.72. The molecule has 0 aromatic carbocycles. The highest BCUT2D eigenvalue weighted by atomic mass is 79.9. The Balaban J connectivity index is 2.13. The summed E-state index contributed by atoms with van der Waals surface area (Å²) < 4.78 is 6.43. The van der Waals surface area contributed by atoms with Gasteiger partial charge in [0.05, 0.1) is 0 Å². The quantitative estimate of drug-likeness (QED) is 0.912. The van der Waals surface area contributed by atoms with Gasteiger partial charge in [0.2, 0.25) is 0 Å². The average Bonchev–Trinajstić information content (AvgIpc) is 2.77. The van der Waals surface area contributed by atoms with Crippen molar-refractivity contribution in [1.82, 2.24) is 5.32 Å². The van der Waals surface area contributed by atoms with Crippen LogP contribution in [-0.4, -0.2) is 12.1 Å². The van der Waals surface area contributed by atoms with E-state index in [1.807, 2.05) is 6.07 Å². The molecule has 0 amide bonds. The summed E-state index contributed by atoms with van der Waals surface area (Å²) in [4.78, 5) is 0. The molecular formula is C12H18BrNO. The van der Waals surface area contributed by atoms with Crippen LogP contribution in [0.4, 0.5) is 0 Å². The molecule has 0 bridgehead atoms. The molecule has 0 aliphatic carbocycles. The molecule has 15 heavy (non-hydrogen) atoms. The van der Waals surface area contributed by atoms with Gasteiger partial charge in [0.25, 0.3) is 0 Å². The van der Waals surface area contributed by atoms with Crippen molar-refractivity contribution < 1.29 is 4.42 Å². The molecule has 1 atom stereocenters. The van der Waals surface area contributed by atoms with E-state index in [9.17, 15) is 0 Å². The first-order chi connectivity index (χ1) is 7.12. The molecule has 1 N–H and O–H groups in total. The van der Waals surface area contributed by atoms with Crippen LogP contribution in [0.5, 0.6) is 0 Å². The Morgan fingerprint density at radius 1 is 1.53 bits per heavy atom. The standard InChI is InChI=1S/C12H18BrNO/c1-9(2)12(6-3-7-14-12)8-10-4-5-11(13)15-10/h4-5,9,14H,3,6-8H2,1-2H3. The van der Waals surface area contributed by atoms with E-state index in [1.54, 1.807) is 0 Å². The summed E-state index contributed by atoms with van der Waals surface area (Å²) in [6, 6.07) is 4.03. The van der Waals surface area contributed by atoms with E-state index in [-0.39, 0.29) is 5.54 Å². The lowest BCUT2D eigenvalue weighted by Crippen LogP contribution is -2.46. The van der Waals surface area contributed by atoms with Crippen LogP contribution in [-0.2, 0) is 6.42 Å². The first-order valence-corrected chi connectivity index (χ1v) is 6.41. The van der Waals surface area contributed by atoms with Crippen molar-refractivity contribution in [2.75, 3.05) is 6.54 Å². The maximum atomic E-state index is 5.60. The van der Waals surface area contributed by atoms with Crippen molar-refractivity contribution in [1.29, 1.82) is 0 Å². The number of hydrogen-bond donors (Lipinski definition) is 1. The first-order valence-electron chi connectivity index (χ1n) is 5.62. The Labute approximate surface area is 99.6 Å². The molecule has 1 unspecified atom stereocenters. The fourth-order valence-electron chi connectivity index (χ4n) is 2.44. The number of hydrogen-bond acceptors (Lipinski definition) is 2. The summed E-state index contributed by atoms with van der Waals surface area (Å²) in [5.74, 6) is 1.72. The molecule has 2 nitrogen and oxygen atoms in total. The molecule has 1 aliphatic heterocycles. The molecule has 84 valence electrons. The molecule has 3 heteroatoms. The minimum Gasteiger partial charge on any atom is -0.454 e. The summed E-state index contributed by atoms with van der Waals surface area (Å²) in [6.07, 6.45) is 3.53. The van der Waals surface area contributed by atoms with Crippen molar-refractivity contribution in [3.8, 4) is 0 Å². The van der Waals surface area contributed by atoms with Gasteiger partial charge in [0.15, 0.2) is 4.67 Å². The van der Waals surface area contributed by atoms with E-state index in [4.69, 9.17) is 4.42 Å². The fraction of sp³-hybridized carbons (Fsp3) is 0.667. The molecule has 1 aliphatic rings. The Morgan fingerprint density at radius 3 is 2.80 bits per heavy atom. The lowest BCUT2D eigenvalue weighted by Gasteiger charge is -2.33. The van der Waals surface area contributed by atoms with Crippen LogP contribution in [0, 0.1) is 5.92 Å². The van der Waals surface area contributed by atoms with Gasteiger partial charge in [-0.1, -0.05) is 13.8 Å². The normalized spacial score (nSPS) is 26.4. The van der Waals surface area contributed by atoms with Gasteiger partial charge in [-0.15, -0.1) is 0 Å². The van der Waals surface area contributed by atoms with Gasteiger partial charge >= 0.3 is 0 Å². The zero-order valence-electron chi connectivity index (χ0n) is 9.35. The van der Waals surface area contributed by atoms with Gasteiger partial charge in [-0.25, -0.2) is 0 Å². The SMILES string of the molecule is CC(C)C1(Cc2ccc(Br)o2)CCCN1. The van der Waals surface area contributed by atoms with Crippen molar-refractivity contribution in [2.45, 2.75) is 38.6 Å². The van der Waals surface area contributed by atoms with Crippen molar-refractivity contribution >= 4 is 15.9 Å². The minimum absolute atomic E-state index is 0.247. The molecule has 1 fully saturated rings. The van der Waals surface area contributed by atoms with E-state index in [2.05, 4.69) is 41.2 Å². The smallest absolute Gasteiger partial charge is 0.169 e. The fourth-order valence-corrected chi connectivity index (χ4v) is 2.78. The maximum absolute atomic E-state index is 5.60. The number of halogens is 1. The molecule has 0 spiro atoms. The Bertz CT molecular complexity index is 326. The molecule has 1 saturated heterocycles. The summed E-state index contributed by atoms with van der Waals surface area (Å²) in [6.45, 7) is 5.71. The second-order valence-corrected chi connectivity index (χ2v) is 5.51. The predicted octanol–water partition coefficient (Wildman–Crippen LogP) is 3.36. The minimum atomic E-state index is 0.247. The number of rotatable bonds is 3. The average molecular weight is 272 g/mol. The van der Waals surface area contributed by atoms with Gasteiger partial charge in [-0.2, -0.15) is 0 Å². The van der Waals surface area contributed by atoms with Crippen molar-refractivity contribution in [3.05, 3.63) is 22.6 Å². The van der Waals surface area contributed by atoms with Crippen LogP contribution < -0.4 is 5.32 Å². The third-order valence-corrected chi connectivity index (χ3v) is 3.93. The largest absolute Gasteiger partial charge is 0.454 e. The van der Waals surface area contributed by atoms with Crippen LogP contribution in [0.2, 0.25) is 0 Å². The highest BCUT2D eigenvalue weighted by molar-refractivity contribution is 9.10.